The Labute approximate surface area is 104 Å². The molecule has 18 heavy (non-hydrogen) atoms. The first-order chi connectivity index (χ1) is 8.56. The quantitative estimate of drug-likeness (QED) is 0.798. The first-order valence-corrected chi connectivity index (χ1v) is 5.34. The van der Waals surface area contributed by atoms with Crippen LogP contribution in [0.15, 0.2) is 36.7 Å². The van der Waals surface area contributed by atoms with Gasteiger partial charge in [-0.1, -0.05) is 0 Å². The minimum atomic E-state index is -0.577. The summed E-state index contributed by atoms with van der Waals surface area (Å²) in [4.78, 5) is 15.5. The van der Waals surface area contributed by atoms with Crippen molar-refractivity contribution in [2.75, 3.05) is 11.1 Å². The Kier molecular flexibility index (Phi) is 3.23. The number of pyridine rings is 1. The number of anilines is 2. The van der Waals surface area contributed by atoms with Crippen molar-refractivity contribution in [1.82, 2.24) is 4.98 Å². The van der Waals surface area contributed by atoms with Crippen LogP contribution in [0.1, 0.15) is 15.9 Å². The molecule has 0 saturated heterocycles. The van der Waals surface area contributed by atoms with Crippen molar-refractivity contribution in [3.63, 3.8) is 0 Å². The first kappa shape index (κ1) is 12.0. The molecular formula is C13H12FN3O. The van der Waals surface area contributed by atoms with E-state index in [-0.39, 0.29) is 5.69 Å². The molecular weight excluding hydrogens is 233 g/mol. The molecule has 1 aromatic carbocycles. The van der Waals surface area contributed by atoms with Crippen molar-refractivity contribution in [3.05, 3.63) is 53.6 Å². The van der Waals surface area contributed by atoms with E-state index in [9.17, 15) is 9.18 Å². The third-order valence-electron chi connectivity index (χ3n) is 2.38. The molecule has 0 fully saturated rings. The molecule has 1 amide bonds. The number of carbonyl (C=O) groups excluding carboxylic acids is 1. The van der Waals surface area contributed by atoms with E-state index >= 15 is 0 Å². The third-order valence-corrected chi connectivity index (χ3v) is 2.38. The molecule has 3 N–H and O–H groups in total. The van der Waals surface area contributed by atoms with E-state index in [1.165, 1.54) is 12.3 Å². The predicted molar refractivity (Wildman–Crippen MR) is 67.7 cm³/mol. The summed E-state index contributed by atoms with van der Waals surface area (Å²) in [6.07, 6.45) is 2.45. The largest absolute Gasteiger partial charge is 0.399 e. The number of aromatic nitrogens is 1. The molecule has 0 spiro atoms. The van der Waals surface area contributed by atoms with Crippen molar-refractivity contribution in [3.8, 4) is 0 Å². The zero-order valence-corrected chi connectivity index (χ0v) is 9.77. The van der Waals surface area contributed by atoms with E-state index in [0.717, 1.165) is 11.8 Å². The van der Waals surface area contributed by atoms with E-state index in [2.05, 4.69) is 10.3 Å². The lowest BCUT2D eigenvalue weighted by atomic mass is 10.1. The second kappa shape index (κ2) is 4.83. The van der Waals surface area contributed by atoms with Crippen molar-refractivity contribution < 1.29 is 9.18 Å². The highest BCUT2D eigenvalue weighted by Gasteiger charge is 2.10. The highest BCUT2D eigenvalue weighted by molar-refractivity contribution is 6.04. The van der Waals surface area contributed by atoms with Gasteiger partial charge in [-0.2, -0.15) is 0 Å². The van der Waals surface area contributed by atoms with Crippen molar-refractivity contribution in [2.24, 2.45) is 0 Å². The molecule has 0 aliphatic rings. The van der Waals surface area contributed by atoms with E-state index in [1.807, 2.05) is 6.92 Å². The third kappa shape index (κ3) is 2.63. The number of aryl methyl sites for hydroxylation is 1. The summed E-state index contributed by atoms with van der Waals surface area (Å²) in [5.74, 6) is -0.984. The smallest absolute Gasteiger partial charge is 0.255 e. The van der Waals surface area contributed by atoms with Gasteiger partial charge in [0.1, 0.15) is 0 Å². The monoisotopic (exact) mass is 245 g/mol. The van der Waals surface area contributed by atoms with Gasteiger partial charge in [0.15, 0.2) is 5.82 Å². The summed E-state index contributed by atoms with van der Waals surface area (Å²) in [6.45, 7) is 1.83. The van der Waals surface area contributed by atoms with Gasteiger partial charge in [-0.05, 0) is 36.8 Å². The molecule has 0 saturated carbocycles. The SMILES string of the molecule is Cc1cc(N)cc(C(=O)Nc2ccncc2F)c1. The van der Waals surface area contributed by atoms with Crippen LogP contribution in [0.25, 0.3) is 0 Å². The Morgan fingerprint density at radius 2 is 2.17 bits per heavy atom. The summed E-state index contributed by atoms with van der Waals surface area (Å²) in [6, 6.07) is 6.38. The number of rotatable bonds is 2. The molecule has 5 heteroatoms. The number of halogens is 1. The summed E-state index contributed by atoms with van der Waals surface area (Å²) in [7, 11) is 0. The predicted octanol–water partition coefficient (Wildman–Crippen LogP) is 2.36. The van der Waals surface area contributed by atoms with Gasteiger partial charge in [-0.3, -0.25) is 9.78 Å². The topological polar surface area (TPSA) is 68.0 Å². The van der Waals surface area contributed by atoms with Gasteiger partial charge in [0.2, 0.25) is 0 Å². The van der Waals surface area contributed by atoms with Gasteiger partial charge in [0, 0.05) is 17.4 Å². The van der Waals surface area contributed by atoms with Crippen molar-refractivity contribution in [1.29, 1.82) is 0 Å². The van der Waals surface area contributed by atoms with E-state index in [0.29, 0.717) is 11.3 Å². The number of benzene rings is 1. The van der Waals surface area contributed by atoms with Gasteiger partial charge in [0.05, 0.1) is 11.9 Å². The van der Waals surface area contributed by atoms with Gasteiger partial charge >= 0.3 is 0 Å². The number of nitrogens with one attached hydrogen (secondary N) is 1. The first-order valence-electron chi connectivity index (χ1n) is 5.34. The lowest BCUT2D eigenvalue weighted by molar-refractivity contribution is 0.102. The molecule has 0 aliphatic heterocycles. The maximum Gasteiger partial charge on any atom is 0.255 e. The molecule has 0 bridgehead atoms. The van der Waals surface area contributed by atoms with Crippen LogP contribution in [0.4, 0.5) is 15.8 Å². The maximum absolute atomic E-state index is 13.3. The van der Waals surface area contributed by atoms with Crippen LogP contribution >= 0.6 is 0 Å². The summed E-state index contributed by atoms with van der Waals surface area (Å²) >= 11 is 0. The molecule has 0 aliphatic carbocycles. The number of nitrogens with two attached hydrogens (primary N) is 1. The van der Waals surface area contributed by atoms with E-state index < -0.39 is 11.7 Å². The maximum atomic E-state index is 13.3. The average Bonchev–Trinajstić information content (AvgIpc) is 2.31. The molecule has 0 radical (unpaired) electrons. The van der Waals surface area contributed by atoms with E-state index in [1.54, 1.807) is 18.2 Å². The average molecular weight is 245 g/mol. The van der Waals surface area contributed by atoms with Crippen LogP contribution in [-0.4, -0.2) is 10.9 Å². The van der Waals surface area contributed by atoms with E-state index in [4.69, 9.17) is 5.73 Å². The van der Waals surface area contributed by atoms with Gasteiger partial charge in [-0.25, -0.2) is 4.39 Å². The fourth-order valence-electron chi connectivity index (χ4n) is 1.61. The summed E-state index contributed by atoms with van der Waals surface area (Å²) < 4.78 is 13.3. The highest BCUT2D eigenvalue weighted by atomic mass is 19.1. The van der Waals surface area contributed by atoms with Gasteiger partial charge < -0.3 is 11.1 Å². The number of carbonyl (C=O) groups is 1. The molecule has 4 nitrogen and oxygen atoms in total. The molecule has 1 aromatic heterocycles. The zero-order valence-electron chi connectivity index (χ0n) is 9.77. The Bertz CT molecular complexity index is 578. The van der Waals surface area contributed by atoms with Gasteiger partial charge in [-0.15, -0.1) is 0 Å². The fraction of sp³-hybridized carbons (Fsp3) is 0.0769. The second-order valence-corrected chi connectivity index (χ2v) is 3.94. The number of nitrogens with zero attached hydrogens (tertiary/aromatic N) is 1. The van der Waals surface area contributed by atoms with Crippen LogP contribution in [0.2, 0.25) is 0 Å². The zero-order chi connectivity index (χ0) is 13.1. The summed E-state index contributed by atoms with van der Waals surface area (Å²) in [5.41, 5.74) is 7.51. The minimum Gasteiger partial charge on any atom is -0.399 e. The van der Waals surface area contributed by atoms with Gasteiger partial charge in [0.25, 0.3) is 5.91 Å². The molecule has 0 unspecified atom stereocenters. The van der Waals surface area contributed by atoms with Crippen LogP contribution in [0, 0.1) is 12.7 Å². The highest BCUT2D eigenvalue weighted by Crippen LogP contribution is 2.15. The number of hydrogen-bond donors (Lipinski definition) is 2. The number of amides is 1. The Morgan fingerprint density at radius 1 is 1.39 bits per heavy atom. The fourth-order valence-corrected chi connectivity index (χ4v) is 1.61. The standard InChI is InChI=1S/C13H12FN3O/c1-8-4-9(6-10(15)5-8)13(18)17-12-2-3-16-7-11(12)14/h2-7H,15H2,1H3,(H,16,17,18). The van der Waals surface area contributed by atoms with Crippen molar-refractivity contribution >= 4 is 17.3 Å². The number of hydrogen-bond acceptors (Lipinski definition) is 3. The molecule has 2 aromatic rings. The molecule has 92 valence electrons. The lowest BCUT2D eigenvalue weighted by Crippen LogP contribution is -2.13. The molecule has 2 rings (SSSR count). The summed E-state index contributed by atoms with van der Waals surface area (Å²) in [5, 5.41) is 2.47. The molecule has 0 atom stereocenters. The van der Waals surface area contributed by atoms with Crippen LogP contribution in [-0.2, 0) is 0 Å². The molecule has 1 heterocycles. The Balaban J connectivity index is 2.25. The second-order valence-electron chi connectivity index (χ2n) is 3.94. The minimum absolute atomic E-state index is 0.0927. The number of nitrogen functional groups attached to an aromatic ring is 1. The normalized spacial score (nSPS) is 10.1. The van der Waals surface area contributed by atoms with Crippen LogP contribution in [0.5, 0.6) is 0 Å². The Hall–Kier alpha value is -2.43. The Morgan fingerprint density at radius 3 is 2.83 bits per heavy atom. The van der Waals surface area contributed by atoms with Crippen LogP contribution in [0.3, 0.4) is 0 Å². The lowest BCUT2D eigenvalue weighted by Gasteiger charge is -2.07. The van der Waals surface area contributed by atoms with Crippen molar-refractivity contribution in [2.45, 2.75) is 6.92 Å². The van der Waals surface area contributed by atoms with Crippen LogP contribution < -0.4 is 11.1 Å².